The van der Waals surface area contributed by atoms with E-state index in [-0.39, 0.29) is 5.91 Å². The molecule has 0 aliphatic rings. The van der Waals surface area contributed by atoms with E-state index in [9.17, 15) is 4.79 Å². The number of amides is 1. The number of hydrogen-bond acceptors (Lipinski definition) is 1. The van der Waals surface area contributed by atoms with E-state index in [1.54, 1.807) is 13.0 Å². The summed E-state index contributed by atoms with van der Waals surface area (Å²) < 4.78 is 0. The second kappa shape index (κ2) is 7.04. The van der Waals surface area contributed by atoms with Crippen LogP contribution in [0.25, 0.3) is 0 Å². The maximum Gasteiger partial charge on any atom is 0.244 e. The number of rotatable bonds is 5. The highest BCUT2D eigenvalue weighted by molar-refractivity contribution is 5.91. The zero-order valence-electron chi connectivity index (χ0n) is 10.1. The first-order valence-electron chi connectivity index (χ1n) is 5.33. The van der Waals surface area contributed by atoms with Crippen LogP contribution < -0.4 is 5.73 Å². The van der Waals surface area contributed by atoms with Crippen LogP contribution >= 0.6 is 0 Å². The molecule has 0 aromatic carbocycles. The first-order chi connectivity index (χ1) is 6.99. The molecule has 0 atom stereocenters. The molecule has 0 unspecified atom stereocenters. The Labute approximate surface area is 92.6 Å². The molecule has 2 heteroatoms. The molecule has 0 bridgehead atoms. The van der Waals surface area contributed by atoms with E-state index in [0.717, 1.165) is 6.42 Å². The molecule has 0 spiro atoms. The number of nitrogens with two attached hydrogens (primary N) is 1. The molecule has 2 nitrogen and oxygen atoms in total. The highest BCUT2D eigenvalue weighted by Crippen LogP contribution is 2.12. The lowest BCUT2D eigenvalue weighted by atomic mass is 10.0. The van der Waals surface area contributed by atoms with Gasteiger partial charge in [0.1, 0.15) is 0 Å². The smallest absolute Gasteiger partial charge is 0.244 e. The Kier molecular flexibility index (Phi) is 6.43. The molecular formula is C13H21NO. The number of hydrogen-bond donors (Lipinski definition) is 1. The van der Waals surface area contributed by atoms with Gasteiger partial charge in [0, 0.05) is 5.57 Å². The van der Waals surface area contributed by atoms with E-state index in [2.05, 4.69) is 32.9 Å². The summed E-state index contributed by atoms with van der Waals surface area (Å²) in [5.41, 5.74) is 6.93. The highest BCUT2D eigenvalue weighted by atomic mass is 16.1. The van der Waals surface area contributed by atoms with Crippen molar-refractivity contribution < 1.29 is 4.79 Å². The highest BCUT2D eigenvalue weighted by Gasteiger charge is 1.98. The van der Waals surface area contributed by atoms with Gasteiger partial charge in [-0.05, 0) is 24.8 Å². The van der Waals surface area contributed by atoms with Crippen LogP contribution in [0.1, 0.15) is 34.1 Å². The molecule has 0 rings (SSSR count). The standard InChI is InChI=1S/C13H21NO/c1-5-6-7-12(10(2)3)9-8-11(4)13(14)15/h6-10H,5H2,1-4H3,(H2,14,15)/b7-6+,11-8+,12-9+. The zero-order chi connectivity index (χ0) is 11.8. The Bertz CT molecular complexity index is 296. The second-order valence-corrected chi connectivity index (χ2v) is 3.85. The van der Waals surface area contributed by atoms with Crippen LogP contribution in [-0.2, 0) is 4.79 Å². The summed E-state index contributed by atoms with van der Waals surface area (Å²) in [5, 5.41) is 0. The molecule has 0 aliphatic carbocycles. The minimum atomic E-state index is -0.367. The van der Waals surface area contributed by atoms with Crippen LogP contribution in [0.15, 0.2) is 35.5 Å². The van der Waals surface area contributed by atoms with Gasteiger partial charge in [-0.1, -0.05) is 45.1 Å². The molecule has 15 heavy (non-hydrogen) atoms. The minimum Gasteiger partial charge on any atom is -0.366 e. The van der Waals surface area contributed by atoms with Gasteiger partial charge >= 0.3 is 0 Å². The van der Waals surface area contributed by atoms with Crippen molar-refractivity contribution in [2.75, 3.05) is 0 Å². The van der Waals surface area contributed by atoms with E-state index in [1.165, 1.54) is 5.57 Å². The molecule has 2 N–H and O–H groups in total. The third-order valence-electron chi connectivity index (χ3n) is 2.13. The lowest BCUT2D eigenvalue weighted by Gasteiger charge is -2.04. The Morgan fingerprint density at radius 3 is 2.33 bits per heavy atom. The first-order valence-corrected chi connectivity index (χ1v) is 5.33. The lowest BCUT2D eigenvalue weighted by molar-refractivity contribution is -0.114. The molecule has 0 saturated carbocycles. The Balaban J connectivity index is 4.77. The normalized spacial score (nSPS) is 13.9. The van der Waals surface area contributed by atoms with Gasteiger partial charge < -0.3 is 5.73 Å². The van der Waals surface area contributed by atoms with Crippen molar-refractivity contribution in [3.8, 4) is 0 Å². The fourth-order valence-electron chi connectivity index (χ4n) is 0.998. The Morgan fingerprint density at radius 2 is 1.93 bits per heavy atom. The van der Waals surface area contributed by atoms with Gasteiger partial charge in [-0.2, -0.15) is 0 Å². The SMILES string of the molecule is CC/C=C/C(=C\C=C(/C)C(N)=O)C(C)C. The van der Waals surface area contributed by atoms with Gasteiger partial charge in [0.05, 0.1) is 0 Å². The minimum absolute atomic E-state index is 0.367. The molecule has 0 radical (unpaired) electrons. The van der Waals surface area contributed by atoms with E-state index < -0.39 is 0 Å². The average molecular weight is 207 g/mol. The fourth-order valence-corrected chi connectivity index (χ4v) is 0.998. The van der Waals surface area contributed by atoms with Gasteiger partial charge in [-0.15, -0.1) is 0 Å². The van der Waals surface area contributed by atoms with Gasteiger partial charge in [-0.25, -0.2) is 0 Å². The van der Waals surface area contributed by atoms with Gasteiger partial charge in [0.15, 0.2) is 0 Å². The average Bonchev–Trinajstić information content (AvgIpc) is 2.16. The molecule has 1 amide bonds. The van der Waals surface area contributed by atoms with E-state index >= 15 is 0 Å². The molecular weight excluding hydrogens is 186 g/mol. The van der Waals surface area contributed by atoms with E-state index in [4.69, 9.17) is 5.73 Å². The summed E-state index contributed by atoms with van der Waals surface area (Å²) in [4.78, 5) is 10.8. The molecule has 0 aromatic rings. The summed E-state index contributed by atoms with van der Waals surface area (Å²) in [7, 11) is 0. The van der Waals surface area contributed by atoms with Crippen molar-refractivity contribution in [1.29, 1.82) is 0 Å². The van der Waals surface area contributed by atoms with Crippen LogP contribution in [0.2, 0.25) is 0 Å². The van der Waals surface area contributed by atoms with Gasteiger partial charge in [-0.3, -0.25) is 4.79 Å². The second-order valence-electron chi connectivity index (χ2n) is 3.85. The van der Waals surface area contributed by atoms with Crippen LogP contribution in [0, 0.1) is 5.92 Å². The summed E-state index contributed by atoms with van der Waals surface area (Å²) in [6, 6.07) is 0. The van der Waals surface area contributed by atoms with Crippen molar-refractivity contribution in [3.63, 3.8) is 0 Å². The van der Waals surface area contributed by atoms with Crippen LogP contribution in [0.5, 0.6) is 0 Å². The van der Waals surface area contributed by atoms with Crippen LogP contribution in [-0.4, -0.2) is 5.91 Å². The van der Waals surface area contributed by atoms with Crippen LogP contribution in [0.3, 0.4) is 0 Å². The number of allylic oxidation sites excluding steroid dienone is 5. The van der Waals surface area contributed by atoms with Crippen LogP contribution in [0.4, 0.5) is 0 Å². The first kappa shape index (κ1) is 13.7. The van der Waals surface area contributed by atoms with Gasteiger partial charge in [0.2, 0.25) is 5.91 Å². The topological polar surface area (TPSA) is 43.1 Å². The van der Waals surface area contributed by atoms with E-state index in [1.807, 2.05) is 6.08 Å². The molecule has 84 valence electrons. The van der Waals surface area contributed by atoms with Crippen molar-refractivity contribution >= 4 is 5.91 Å². The molecule has 0 heterocycles. The predicted molar refractivity (Wildman–Crippen MR) is 65.3 cm³/mol. The van der Waals surface area contributed by atoms with Crippen molar-refractivity contribution in [1.82, 2.24) is 0 Å². The zero-order valence-corrected chi connectivity index (χ0v) is 10.1. The monoisotopic (exact) mass is 207 g/mol. The Hall–Kier alpha value is -1.31. The number of carbonyl (C=O) groups excluding carboxylic acids is 1. The fraction of sp³-hybridized carbons (Fsp3) is 0.462. The third kappa shape index (κ3) is 5.89. The summed E-state index contributed by atoms with van der Waals surface area (Å²) in [5.74, 6) is 0.0820. The lowest BCUT2D eigenvalue weighted by Crippen LogP contribution is -2.11. The summed E-state index contributed by atoms with van der Waals surface area (Å²) in [6.45, 7) is 8.07. The molecule has 0 aromatic heterocycles. The maximum absolute atomic E-state index is 10.8. The largest absolute Gasteiger partial charge is 0.366 e. The van der Waals surface area contributed by atoms with Crippen molar-refractivity contribution in [2.45, 2.75) is 34.1 Å². The maximum atomic E-state index is 10.8. The quantitative estimate of drug-likeness (QED) is 0.546. The number of primary amides is 1. The Morgan fingerprint density at radius 1 is 1.33 bits per heavy atom. The summed E-state index contributed by atoms with van der Waals surface area (Å²) >= 11 is 0. The van der Waals surface area contributed by atoms with E-state index in [0.29, 0.717) is 11.5 Å². The molecule has 0 saturated heterocycles. The summed E-state index contributed by atoms with van der Waals surface area (Å²) in [6.07, 6.45) is 8.95. The predicted octanol–water partition coefficient (Wildman–Crippen LogP) is 2.97. The molecule has 0 aliphatic heterocycles. The third-order valence-corrected chi connectivity index (χ3v) is 2.13. The molecule has 0 fully saturated rings. The van der Waals surface area contributed by atoms with Gasteiger partial charge in [0.25, 0.3) is 0 Å². The van der Waals surface area contributed by atoms with Crippen molar-refractivity contribution in [2.24, 2.45) is 11.7 Å². The number of carbonyl (C=O) groups is 1. The van der Waals surface area contributed by atoms with Crippen molar-refractivity contribution in [3.05, 3.63) is 35.5 Å².